The van der Waals surface area contributed by atoms with Crippen LogP contribution in [0.15, 0.2) is 0 Å². The van der Waals surface area contributed by atoms with Gasteiger partial charge in [0.2, 0.25) is 0 Å². The molecule has 0 bridgehead atoms. The van der Waals surface area contributed by atoms with E-state index in [2.05, 4.69) is 13.8 Å². The lowest BCUT2D eigenvalue weighted by Crippen LogP contribution is -2.14. The molecule has 1 aliphatic carbocycles. The lowest BCUT2D eigenvalue weighted by Gasteiger charge is -2.23. The van der Waals surface area contributed by atoms with Crippen LogP contribution in [0.25, 0.3) is 0 Å². The Balaban J connectivity index is 2.14. The Bertz CT molecular complexity index is 114. The van der Waals surface area contributed by atoms with Gasteiger partial charge in [-0.2, -0.15) is 0 Å². The Morgan fingerprint density at radius 3 is 2.45 bits per heavy atom. The average molecular weight is 155 g/mol. The molecule has 0 amide bonds. The summed E-state index contributed by atoms with van der Waals surface area (Å²) in [5.74, 6) is 1.06. The second-order valence-corrected chi connectivity index (χ2v) is 4.70. The van der Waals surface area contributed by atoms with Crippen LogP contribution in [0.3, 0.4) is 0 Å². The van der Waals surface area contributed by atoms with Crippen molar-refractivity contribution >= 4 is 0 Å². The Kier molecular flexibility index (Phi) is 2.94. The minimum Gasteiger partial charge on any atom is -0.330 e. The van der Waals surface area contributed by atoms with Crippen LogP contribution in [0.4, 0.5) is 0 Å². The van der Waals surface area contributed by atoms with E-state index >= 15 is 0 Å². The Hall–Kier alpha value is -0.0400. The topological polar surface area (TPSA) is 26.0 Å². The number of rotatable bonds is 5. The number of hydrogen-bond donors (Lipinski definition) is 1. The summed E-state index contributed by atoms with van der Waals surface area (Å²) < 4.78 is 0. The van der Waals surface area contributed by atoms with E-state index < -0.39 is 0 Å². The van der Waals surface area contributed by atoms with E-state index in [0.717, 1.165) is 12.5 Å². The molecule has 66 valence electrons. The maximum absolute atomic E-state index is 5.48. The van der Waals surface area contributed by atoms with Crippen LogP contribution < -0.4 is 5.73 Å². The van der Waals surface area contributed by atoms with E-state index in [1.807, 2.05) is 0 Å². The van der Waals surface area contributed by atoms with Crippen molar-refractivity contribution in [1.82, 2.24) is 0 Å². The molecule has 1 nitrogen and oxygen atoms in total. The van der Waals surface area contributed by atoms with Gasteiger partial charge in [0.1, 0.15) is 0 Å². The van der Waals surface area contributed by atoms with E-state index in [4.69, 9.17) is 5.73 Å². The summed E-state index contributed by atoms with van der Waals surface area (Å²) in [6.45, 7) is 5.61. The van der Waals surface area contributed by atoms with Gasteiger partial charge in [0.05, 0.1) is 0 Å². The molecule has 0 unspecified atom stereocenters. The molecule has 0 spiro atoms. The third-order valence-electron chi connectivity index (χ3n) is 2.60. The fourth-order valence-electron chi connectivity index (χ4n) is 1.79. The molecule has 0 saturated heterocycles. The second kappa shape index (κ2) is 3.57. The molecule has 2 N–H and O–H groups in total. The molecule has 0 aromatic carbocycles. The average Bonchev–Trinajstić information content (AvgIpc) is 2.67. The van der Waals surface area contributed by atoms with Crippen LogP contribution in [0, 0.1) is 11.3 Å². The summed E-state index contributed by atoms with van der Waals surface area (Å²) in [5.41, 5.74) is 6.04. The van der Waals surface area contributed by atoms with Crippen molar-refractivity contribution < 1.29 is 0 Å². The van der Waals surface area contributed by atoms with Gasteiger partial charge in [0.15, 0.2) is 0 Å². The monoisotopic (exact) mass is 155 g/mol. The molecule has 1 rings (SSSR count). The minimum atomic E-state index is 0.556. The zero-order valence-corrected chi connectivity index (χ0v) is 7.90. The molecule has 0 radical (unpaired) electrons. The first-order valence-electron chi connectivity index (χ1n) is 4.84. The van der Waals surface area contributed by atoms with Crippen molar-refractivity contribution in [3.63, 3.8) is 0 Å². The van der Waals surface area contributed by atoms with Crippen molar-refractivity contribution in [2.24, 2.45) is 17.1 Å². The summed E-state index contributed by atoms with van der Waals surface area (Å²) in [6.07, 6.45) is 6.88. The smallest absolute Gasteiger partial charge is 0.00771 e. The third-order valence-corrected chi connectivity index (χ3v) is 2.60. The lowest BCUT2D eigenvalue weighted by molar-refractivity contribution is 0.284. The van der Waals surface area contributed by atoms with E-state index in [-0.39, 0.29) is 0 Å². The summed E-state index contributed by atoms with van der Waals surface area (Å²) in [5, 5.41) is 0. The summed E-state index contributed by atoms with van der Waals surface area (Å²) >= 11 is 0. The Morgan fingerprint density at radius 2 is 2.00 bits per heavy atom. The first-order valence-corrected chi connectivity index (χ1v) is 4.84. The zero-order valence-electron chi connectivity index (χ0n) is 7.90. The molecule has 0 aliphatic heterocycles. The molecule has 0 atom stereocenters. The SMILES string of the molecule is CC(C)(CCCN)CC1CC1. The molecule has 0 aromatic heterocycles. The van der Waals surface area contributed by atoms with Crippen LogP contribution in [0.1, 0.15) is 46.0 Å². The number of nitrogens with two attached hydrogens (primary N) is 1. The van der Waals surface area contributed by atoms with Gasteiger partial charge in [-0.1, -0.05) is 26.7 Å². The maximum atomic E-state index is 5.48. The van der Waals surface area contributed by atoms with E-state index in [1.54, 1.807) is 0 Å². The van der Waals surface area contributed by atoms with Crippen molar-refractivity contribution in [2.45, 2.75) is 46.0 Å². The summed E-state index contributed by atoms with van der Waals surface area (Å²) in [6, 6.07) is 0. The predicted molar refractivity (Wildman–Crippen MR) is 49.4 cm³/mol. The largest absolute Gasteiger partial charge is 0.330 e. The standard InChI is InChI=1S/C10H21N/c1-10(2,6-3-7-11)8-9-4-5-9/h9H,3-8,11H2,1-2H3. The van der Waals surface area contributed by atoms with Crippen molar-refractivity contribution in [3.05, 3.63) is 0 Å². The normalized spacial score (nSPS) is 18.8. The predicted octanol–water partition coefficient (Wildman–Crippen LogP) is 2.55. The third kappa shape index (κ3) is 3.76. The molecular weight excluding hydrogens is 134 g/mol. The highest BCUT2D eigenvalue weighted by Crippen LogP contribution is 2.41. The first-order chi connectivity index (χ1) is 5.14. The zero-order chi connectivity index (χ0) is 8.32. The van der Waals surface area contributed by atoms with Crippen molar-refractivity contribution in [2.75, 3.05) is 6.54 Å². The van der Waals surface area contributed by atoms with E-state index in [0.29, 0.717) is 5.41 Å². The van der Waals surface area contributed by atoms with Gasteiger partial charge in [-0.15, -0.1) is 0 Å². The second-order valence-electron chi connectivity index (χ2n) is 4.70. The molecule has 1 aliphatic rings. The maximum Gasteiger partial charge on any atom is -0.00771 e. The van der Waals surface area contributed by atoms with Crippen LogP contribution >= 0.6 is 0 Å². The van der Waals surface area contributed by atoms with E-state index in [1.165, 1.54) is 32.1 Å². The highest BCUT2D eigenvalue weighted by Gasteiger charge is 2.29. The highest BCUT2D eigenvalue weighted by molar-refractivity contribution is 4.81. The van der Waals surface area contributed by atoms with Crippen LogP contribution in [-0.4, -0.2) is 6.54 Å². The lowest BCUT2D eigenvalue weighted by atomic mass is 9.82. The minimum absolute atomic E-state index is 0.556. The fraction of sp³-hybridized carbons (Fsp3) is 1.00. The van der Waals surface area contributed by atoms with Gasteiger partial charge >= 0.3 is 0 Å². The fourth-order valence-corrected chi connectivity index (χ4v) is 1.79. The van der Waals surface area contributed by atoms with Gasteiger partial charge in [-0.25, -0.2) is 0 Å². The van der Waals surface area contributed by atoms with Crippen LogP contribution in [0.2, 0.25) is 0 Å². The molecule has 1 saturated carbocycles. The van der Waals surface area contributed by atoms with Crippen LogP contribution in [-0.2, 0) is 0 Å². The molecular formula is C10H21N. The molecule has 11 heavy (non-hydrogen) atoms. The Morgan fingerprint density at radius 1 is 1.36 bits per heavy atom. The van der Waals surface area contributed by atoms with Crippen LogP contribution in [0.5, 0.6) is 0 Å². The van der Waals surface area contributed by atoms with Gasteiger partial charge in [-0.05, 0) is 37.1 Å². The van der Waals surface area contributed by atoms with E-state index in [9.17, 15) is 0 Å². The molecule has 0 heterocycles. The van der Waals surface area contributed by atoms with Gasteiger partial charge < -0.3 is 5.73 Å². The van der Waals surface area contributed by atoms with Crippen molar-refractivity contribution in [1.29, 1.82) is 0 Å². The summed E-state index contributed by atoms with van der Waals surface area (Å²) in [7, 11) is 0. The quantitative estimate of drug-likeness (QED) is 0.648. The number of hydrogen-bond acceptors (Lipinski definition) is 1. The Labute approximate surface area is 70.4 Å². The van der Waals surface area contributed by atoms with Gasteiger partial charge in [0.25, 0.3) is 0 Å². The van der Waals surface area contributed by atoms with Gasteiger partial charge in [0, 0.05) is 0 Å². The van der Waals surface area contributed by atoms with Gasteiger partial charge in [-0.3, -0.25) is 0 Å². The molecule has 1 fully saturated rings. The summed E-state index contributed by atoms with van der Waals surface area (Å²) in [4.78, 5) is 0. The molecule has 0 aromatic rings. The first kappa shape index (κ1) is 9.05. The molecule has 1 heteroatoms. The highest BCUT2D eigenvalue weighted by atomic mass is 14.5. The van der Waals surface area contributed by atoms with Crippen molar-refractivity contribution in [3.8, 4) is 0 Å².